The lowest BCUT2D eigenvalue weighted by atomic mass is 9.65. The van der Waals surface area contributed by atoms with Crippen LogP contribution in [0.5, 0.6) is 0 Å². The highest BCUT2D eigenvalue weighted by Crippen LogP contribution is 2.42. The Kier molecular flexibility index (Phi) is 2.50. The summed E-state index contributed by atoms with van der Waals surface area (Å²) in [5.41, 5.74) is 6.06. The molecule has 1 rings (SSSR count). The van der Waals surface area contributed by atoms with Gasteiger partial charge in [0, 0.05) is 5.54 Å². The van der Waals surface area contributed by atoms with Gasteiger partial charge in [-0.25, -0.2) is 0 Å². The molecule has 1 fully saturated rings. The van der Waals surface area contributed by atoms with Gasteiger partial charge in [0.05, 0.1) is 6.61 Å². The maximum atomic E-state index is 9.18. The average molecular weight is 171 g/mol. The van der Waals surface area contributed by atoms with E-state index in [2.05, 4.69) is 20.8 Å². The Morgan fingerprint density at radius 2 is 2.00 bits per heavy atom. The molecule has 12 heavy (non-hydrogen) atoms. The fourth-order valence-corrected chi connectivity index (χ4v) is 2.93. The summed E-state index contributed by atoms with van der Waals surface area (Å²) in [6, 6.07) is 0. The van der Waals surface area contributed by atoms with E-state index in [4.69, 9.17) is 5.73 Å². The molecule has 0 bridgehead atoms. The summed E-state index contributed by atoms with van der Waals surface area (Å²) >= 11 is 0. The molecule has 0 aliphatic heterocycles. The Labute approximate surface area is 75.2 Å². The second-order valence-corrected chi connectivity index (χ2v) is 5.37. The summed E-state index contributed by atoms with van der Waals surface area (Å²) < 4.78 is 0. The molecule has 1 aliphatic carbocycles. The van der Waals surface area contributed by atoms with Crippen LogP contribution in [-0.4, -0.2) is 17.3 Å². The largest absolute Gasteiger partial charge is 0.394 e. The van der Waals surface area contributed by atoms with Crippen LogP contribution in [0.2, 0.25) is 0 Å². The average Bonchev–Trinajstić information content (AvgIpc) is 1.82. The number of hydrogen-bond donors (Lipinski definition) is 2. The number of aliphatic hydroxyl groups is 1. The molecule has 1 aliphatic rings. The lowest BCUT2D eigenvalue weighted by Gasteiger charge is -2.44. The molecule has 3 N–H and O–H groups in total. The molecule has 0 amide bonds. The van der Waals surface area contributed by atoms with E-state index in [1.807, 2.05) is 0 Å². The molecule has 0 aromatic rings. The van der Waals surface area contributed by atoms with Crippen molar-refractivity contribution in [3.05, 3.63) is 0 Å². The number of nitrogens with two attached hydrogens (primary N) is 1. The molecule has 2 heteroatoms. The first kappa shape index (κ1) is 10.0. The molecule has 0 spiro atoms. The zero-order valence-electron chi connectivity index (χ0n) is 8.43. The van der Waals surface area contributed by atoms with Crippen molar-refractivity contribution in [2.75, 3.05) is 6.61 Å². The lowest BCUT2D eigenvalue weighted by Crippen LogP contribution is -2.51. The van der Waals surface area contributed by atoms with Crippen molar-refractivity contribution < 1.29 is 5.11 Å². The molecule has 2 atom stereocenters. The van der Waals surface area contributed by atoms with Crippen LogP contribution in [0.4, 0.5) is 0 Å². The summed E-state index contributed by atoms with van der Waals surface area (Å²) in [4.78, 5) is 0. The standard InChI is InChI=1S/C10H21NO/c1-8-4-9(2,3)6-10(11,5-8)7-12/h8,12H,4-7,11H2,1-3H3. The monoisotopic (exact) mass is 171 g/mol. The quantitative estimate of drug-likeness (QED) is 0.628. The van der Waals surface area contributed by atoms with Crippen LogP contribution in [0.3, 0.4) is 0 Å². The van der Waals surface area contributed by atoms with Crippen LogP contribution in [0.25, 0.3) is 0 Å². The molecule has 0 heterocycles. The number of aliphatic hydroxyl groups excluding tert-OH is 1. The molecule has 0 aromatic heterocycles. The molecular weight excluding hydrogens is 150 g/mol. The highest BCUT2D eigenvalue weighted by atomic mass is 16.3. The number of rotatable bonds is 1. The second-order valence-electron chi connectivity index (χ2n) is 5.37. The van der Waals surface area contributed by atoms with Crippen LogP contribution < -0.4 is 5.73 Å². The van der Waals surface area contributed by atoms with Gasteiger partial charge in [0.15, 0.2) is 0 Å². The van der Waals surface area contributed by atoms with Crippen molar-refractivity contribution in [3.63, 3.8) is 0 Å². The van der Waals surface area contributed by atoms with E-state index in [1.54, 1.807) is 0 Å². The lowest BCUT2D eigenvalue weighted by molar-refractivity contribution is 0.0622. The van der Waals surface area contributed by atoms with Gasteiger partial charge < -0.3 is 10.8 Å². The van der Waals surface area contributed by atoms with Gasteiger partial charge in [-0.05, 0) is 30.6 Å². The predicted molar refractivity (Wildman–Crippen MR) is 50.8 cm³/mol. The Morgan fingerprint density at radius 1 is 1.42 bits per heavy atom. The minimum atomic E-state index is -0.318. The van der Waals surface area contributed by atoms with Crippen molar-refractivity contribution in [2.45, 2.75) is 45.6 Å². The van der Waals surface area contributed by atoms with E-state index in [1.165, 1.54) is 6.42 Å². The van der Waals surface area contributed by atoms with Gasteiger partial charge in [0.1, 0.15) is 0 Å². The zero-order chi connectivity index (χ0) is 9.41. The first-order valence-electron chi connectivity index (χ1n) is 4.77. The van der Waals surface area contributed by atoms with E-state index < -0.39 is 0 Å². The van der Waals surface area contributed by atoms with Crippen LogP contribution in [-0.2, 0) is 0 Å². The van der Waals surface area contributed by atoms with Crippen molar-refractivity contribution in [2.24, 2.45) is 17.1 Å². The van der Waals surface area contributed by atoms with Gasteiger partial charge in [-0.1, -0.05) is 20.8 Å². The third kappa shape index (κ3) is 2.20. The van der Waals surface area contributed by atoms with Gasteiger partial charge in [0.2, 0.25) is 0 Å². The first-order chi connectivity index (χ1) is 5.37. The molecule has 0 saturated heterocycles. The van der Waals surface area contributed by atoms with Gasteiger partial charge >= 0.3 is 0 Å². The third-order valence-electron chi connectivity index (χ3n) is 2.80. The topological polar surface area (TPSA) is 46.2 Å². The molecule has 0 radical (unpaired) electrons. The van der Waals surface area contributed by atoms with Crippen LogP contribution >= 0.6 is 0 Å². The van der Waals surface area contributed by atoms with Gasteiger partial charge in [0.25, 0.3) is 0 Å². The molecular formula is C10H21NO. The highest BCUT2D eigenvalue weighted by molar-refractivity contribution is 4.96. The Balaban J connectivity index is 2.70. The third-order valence-corrected chi connectivity index (χ3v) is 2.80. The van der Waals surface area contributed by atoms with E-state index >= 15 is 0 Å². The van der Waals surface area contributed by atoms with Crippen LogP contribution in [0, 0.1) is 11.3 Å². The normalized spacial score (nSPS) is 41.2. The summed E-state index contributed by atoms with van der Waals surface area (Å²) in [6.45, 7) is 6.82. The van der Waals surface area contributed by atoms with Gasteiger partial charge in [-0.3, -0.25) is 0 Å². The van der Waals surface area contributed by atoms with Gasteiger partial charge in [-0.2, -0.15) is 0 Å². The van der Waals surface area contributed by atoms with Crippen molar-refractivity contribution in [1.29, 1.82) is 0 Å². The fraction of sp³-hybridized carbons (Fsp3) is 1.00. The minimum absolute atomic E-state index is 0.126. The number of hydrogen-bond acceptors (Lipinski definition) is 2. The van der Waals surface area contributed by atoms with Gasteiger partial charge in [-0.15, -0.1) is 0 Å². The van der Waals surface area contributed by atoms with Crippen molar-refractivity contribution in [3.8, 4) is 0 Å². The van der Waals surface area contributed by atoms with Crippen LogP contribution in [0.15, 0.2) is 0 Å². The smallest absolute Gasteiger partial charge is 0.0611 e. The van der Waals surface area contributed by atoms with E-state index in [0.29, 0.717) is 11.3 Å². The Bertz CT molecular complexity index is 167. The van der Waals surface area contributed by atoms with Crippen LogP contribution in [0.1, 0.15) is 40.0 Å². The summed E-state index contributed by atoms with van der Waals surface area (Å²) in [5.74, 6) is 0.644. The molecule has 1 saturated carbocycles. The Morgan fingerprint density at radius 3 is 2.42 bits per heavy atom. The van der Waals surface area contributed by atoms with E-state index in [0.717, 1.165) is 12.8 Å². The summed E-state index contributed by atoms with van der Waals surface area (Å²) in [7, 11) is 0. The maximum Gasteiger partial charge on any atom is 0.0611 e. The minimum Gasteiger partial charge on any atom is -0.394 e. The Hall–Kier alpha value is -0.0800. The van der Waals surface area contributed by atoms with Crippen molar-refractivity contribution in [1.82, 2.24) is 0 Å². The zero-order valence-corrected chi connectivity index (χ0v) is 8.43. The molecule has 0 aromatic carbocycles. The summed E-state index contributed by atoms with van der Waals surface area (Å²) in [5, 5.41) is 9.18. The fourth-order valence-electron chi connectivity index (χ4n) is 2.93. The summed E-state index contributed by atoms with van der Waals surface area (Å²) in [6.07, 6.45) is 3.14. The molecule has 72 valence electrons. The highest BCUT2D eigenvalue weighted by Gasteiger charge is 2.39. The SMILES string of the molecule is CC1CC(C)(C)CC(N)(CO)C1. The molecule has 2 nitrogen and oxygen atoms in total. The first-order valence-corrected chi connectivity index (χ1v) is 4.77. The van der Waals surface area contributed by atoms with Crippen molar-refractivity contribution >= 4 is 0 Å². The molecule has 2 unspecified atom stereocenters. The van der Waals surface area contributed by atoms with E-state index in [9.17, 15) is 5.11 Å². The second kappa shape index (κ2) is 3.00. The van der Waals surface area contributed by atoms with E-state index in [-0.39, 0.29) is 12.1 Å². The maximum absolute atomic E-state index is 9.18. The predicted octanol–water partition coefficient (Wildman–Crippen LogP) is 1.52.